The Morgan fingerprint density at radius 2 is 1.95 bits per heavy atom. The standard InChI is InChI=1S/C17H24N2O2/c1-3-14-9-7-8-12-19(14)17(21)13-16(20)18(2)15-10-5-4-6-11-15/h4-6,10-11,14H,3,7-9,12-13H2,1-2H3. The van der Waals surface area contributed by atoms with Gasteiger partial charge in [-0.2, -0.15) is 0 Å². The van der Waals surface area contributed by atoms with E-state index in [1.54, 1.807) is 11.9 Å². The van der Waals surface area contributed by atoms with Gasteiger partial charge in [0.15, 0.2) is 0 Å². The van der Waals surface area contributed by atoms with E-state index in [4.69, 9.17) is 0 Å². The summed E-state index contributed by atoms with van der Waals surface area (Å²) in [5.41, 5.74) is 0.820. The predicted octanol–water partition coefficient (Wildman–Crippen LogP) is 2.83. The van der Waals surface area contributed by atoms with E-state index >= 15 is 0 Å². The average molecular weight is 288 g/mol. The van der Waals surface area contributed by atoms with Gasteiger partial charge >= 0.3 is 0 Å². The molecular weight excluding hydrogens is 264 g/mol. The first-order valence-corrected chi connectivity index (χ1v) is 7.74. The molecule has 1 aromatic carbocycles. The number of carbonyl (C=O) groups is 2. The lowest BCUT2D eigenvalue weighted by Crippen LogP contribution is -2.45. The highest BCUT2D eigenvalue weighted by Gasteiger charge is 2.27. The Labute approximate surface area is 126 Å². The van der Waals surface area contributed by atoms with E-state index in [0.29, 0.717) is 6.04 Å². The third kappa shape index (κ3) is 3.84. The molecule has 0 bridgehead atoms. The van der Waals surface area contributed by atoms with E-state index in [9.17, 15) is 9.59 Å². The zero-order valence-electron chi connectivity index (χ0n) is 12.9. The number of anilines is 1. The van der Waals surface area contributed by atoms with Gasteiger partial charge in [0.25, 0.3) is 0 Å². The number of likely N-dealkylation sites (tertiary alicyclic amines) is 1. The maximum absolute atomic E-state index is 12.4. The van der Waals surface area contributed by atoms with Gasteiger partial charge in [0, 0.05) is 25.3 Å². The molecule has 2 amide bonds. The number of piperidine rings is 1. The molecule has 0 aromatic heterocycles. The van der Waals surface area contributed by atoms with Crippen LogP contribution in [0.25, 0.3) is 0 Å². The summed E-state index contributed by atoms with van der Waals surface area (Å²) in [5, 5.41) is 0. The van der Waals surface area contributed by atoms with Crippen molar-refractivity contribution in [1.29, 1.82) is 0 Å². The first-order valence-electron chi connectivity index (χ1n) is 7.74. The van der Waals surface area contributed by atoms with Crippen molar-refractivity contribution in [3.05, 3.63) is 30.3 Å². The van der Waals surface area contributed by atoms with Gasteiger partial charge in [-0.3, -0.25) is 9.59 Å². The fourth-order valence-electron chi connectivity index (χ4n) is 2.90. The predicted molar refractivity (Wildman–Crippen MR) is 84.1 cm³/mol. The minimum Gasteiger partial charge on any atom is -0.339 e. The molecule has 0 N–H and O–H groups in total. The second kappa shape index (κ2) is 7.25. The molecule has 4 heteroatoms. The number of carbonyl (C=O) groups excluding carboxylic acids is 2. The molecule has 1 unspecified atom stereocenters. The van der Waals surface area contributed by atoms with Crippen LogP contribution in [0.2, 0.25) is 0 Å². The number of benzene rings is 1. The molecule has 0 radical (unpaired) electrons. The normalized spacial score (nSPS) is 18.4. The van der Waals surface area contributed by atoms with Crippen LogP contribution < -0.4 is 4.90 Å². The highest BCUT2D eigenvalue weighted by Crippen LogP contribution is 2.21. The largest absolute Gasteiger partial charge is 0.339 e. The summed E-state index contributed by atoms with van der Waals surface area (Å²) < 4.78 is 0. The van der Waals surface area contributed by atoms with Crippen LogP contribution in [0, 0.1) is 0 Å². The highest BCUT2D eigenvalue weighted by molar-refractivity contribution is 6.04. The maximum Gasteiger partial charge on any atom is 0.236 e. The highest BCUT2D eigenvalue weighted by atomic mass is 16.2. The summed E-state index contributed by atoms with van der Waals surface area (Å²) in [6.45, 7) is 2.90. The van der Waals surface area contributed by atoms with Gasteiger partial charge in [0.1, 0.15) is 6.42 Å². The van der Waals surface area contributed by atoms with E-state index in [0.717, 1.165) is 31.5 Å². The van der Waals surface area contributed by atoms with Crippen LogP contribution in [-0.4, -0.2) is 36.3 Å². The van der Waals surface area contributed by atoms with Crippen molar-refractivity contribution in [3.8, 4) is 0 Å². The SMILES string of the molecule is CCC1CCCCN1C(=O)CC(=O)N(C)c1ccccc1. The van der Waals surface area contributed by atoms with Crippen LogP contribution in [0.5, 0.6) is 0 Å². The molecule has 114 valence electrons. The van der Waals surface area contributed by atoms with Crippen molar-refractivity contribution in [2.75, 3.05) is 18.5 Å². The zero-order valence-corrected chi connectivity index (χ0v) is 12.9. The molecule has 2 rings (SSSR count). The molecule has 1 aromatic rings. The quantitative estimate of drug-likeness (QED) is 0.799. The number of rotatable bonds is 4. The Morgan fingerprint density at radius 3 is 2.62 bits per heavy atom. The first kappa shape index (κ1) is 15.5. The Kier molecular flexibility index (Phi) is 5.37. The summed E-state index contributed by atoms with van der Waals surface area (Å²) in [4.78, 5) is 28.1. The smallest absolute Gasteiger partial charge is 0.236 e. The van der Waals surface area contributed by atoms with E-state index in [2.05, 4.69) is 6.92 Å². The zero-order chi connectivity index (χ0) is 15.2. The van der Waals surface area contributed by atoms with Gasteiger partial charge < -0.3 is 9.80 Å². The molecule has 1 heterocycles. The molecule has 1 saturated heterocycles. The van der Waals surface area contributed by atoms with Crippen LogP contribution in [0.15, 0.2) is 30.3 Å². The summed E-state index contributed by atoms with van der Waals surface area (Å²) in [6, 6.07) is 9.74. The van der Waals surface area contributed by atoms with Gasteiger partial charge in [-0.25, -0.2) is 0 Å². The van der Waals surface area contributed by atoms with Gasteiger partial charge in [-0.15, -0.1) is 0 Å². The molecular formula is C17H24N2O2. The fraction of sp³-hybridized carbons (Fsp3) is 0.529. The summed E-state index contributed by atoms with van der Waals surface area (Å²) in [7, 11) is 1.72. The lowest BCUT2D eigenvalue weighted by atomic mass is 9.99. The Morgan fingerprint density at radius 1 is 1.24 bits per heavy atom. The van der Waals surface area contributed by atoms with Crippen LogP contribution in [0.4, 0.5) is 5.69 Å². The van der Waals surface area contributed by atoms with Crippen LogP contribution in [-0.2, 0) is 9.59 Å². The van der Waals surface area contributed by atoms with Crippen molar-refractivity contribution in [2.45, 2.75) is 45.1 Å². The first-order chi connectivity index (χ1) is 10.1. The van der Waals surface area contributed by atoms with E-state index in [-0.39, 0.29) is 18.2 Å². The molecule has 0 aliphatic carbocycles. The minimum absolute atomic E-state index is 0.0330. The van der Waals surface area contributed by atoms with E-state index < -0.39 is 0 Å². The van der Waals surface area contributed by atoms with Gasteiger partial charge in [0.2, 0.25) is 11.8 Å². The van der Waals surface area contributed by atoms with Crippen LogP contribution in [0.3, 0.4) is 0 Å². The van der Waals surface area contributed by atoms with Gasteiger partial charge in [-0.05, 0) is 37.8 Å². The second-order valence-corrected chi connectivity index (χ2v) is 5.61. The number of para-hydroxylation sites is 1. The van der Waals surface area contributed by atoms with Gasteiger partial charge in [0.05, 0.1) is 0 Å². The number of amides is 2. The molecule has 1 fully saturated rings. The molecule has 21 heavy (non-hydrogen) atoms. The van der Waals surface area contributed by atoms with E-state index in [1.807, 2.05) is 35.2 Å². The summed E-state index contributed by atoms with van der Waals surface area (Å²) in [6.07, 6.45) is 4.21. The van der Waals surface area contributed by atoms with Crippen molar-refractivity contribution in [1.82, 2.24) is 4.90 Å². The minimum atomic E-state index is -0.147. The summed E-state index contributed by atoms with van der Waals surface area (Å²) >= 11 is 0. The third-order valence-corrected chi connectivity index (χ3v) is 4.24. The Balaban J connectivity index is 1.97. The summed E-state index contributed by atoms with van der Waals surface area (Å²) in [5.74, 6) is -0.180. The monoisotopic (exact) mass is 288 g/mol. The molecule has 1 aliphatic rings. The van der Waals surface area contributed by atoms with Crippen molar-refractivity contribution in [2.24, 2.45) is 0 Å². The number of nitrogens with zero attached hydrogens (tertiary/aromatic N) is 2. The molecule has 1 aliphatic heterocycles. The molecule has 4 nitrogen and oxygen atoms in total. The van der Waals surface area contributed by atoms with Crippen molar-refractivity contribution in [3.63, 3.8) is 0 Å². The molecule has 0 saturated carbocycles. The topological polar surface area (TPSA) is 40.6 Å². The van der Waals surface area contributed by atoms with Crippen LogP contribution in [0.1, 0.15) is 39.0 Å². The van der Waals surface area contributed by atoms with Crippen molar-refractivity contribution >= 4 is 17.5 Å². The molecule has 1 atom stereocenters. The third-order valence-electron chi connectivity index (χ3n) is 4.24. The Bertz CT molecular complexity index is 487. The number of hydrogen-bond acceptors (Lipinski definition) is 2. The van der Waals surface area contributed by atoms with Crippen molar-refractivity contribution < 1.29 is 9.59 Å². The fourth-order valence-corrected chi connectivity index (χ4v) is 2.90. The van der Waals surface area contributed by atoms with Gasteiger partial charge in [-0.1, -0.05) is 25.1 Å². The van der Waals surface area contributed by atoms with E-state index in [1.165, 1.54) is 6.42 Å². The average Bonchev–Trinajstić information content (AvgIpc) is 2.54. The van der Waals surface area contributed by atoms with Crippen LogP contribution >= 0.6 is 0 Å². The number of hydrogen-bond donors (Lipinski definition) is 0. The molecule has 0 spiro atoms. The lowest BCUT2D eigenvalue weighted by Gasteiger charge is -2.35. The maximum atomic E-state index is 12.4. The lowest BCUT2D eigenvalue weighted by molar-refractivity contribution is -0.138. The Hall–Kier alpha value is -1.84. The second-order valence-electron chi connectivity index (χ2n) is 5.61.